The average Bonchev–Trinajstić information content (AvgIpc) is 2.43. The molecular formula is C15H11F2NO2S. The number of rotatable bonds is 3. The minimum Gasteiger partial charge on any atom is -0.291 e. The molecule has 6 heteroatoms. The normalized spacial score (nSPS) is 12.7. The molecule has 0 bridgehead atoms. The van der Waals surface area contributed by atoms with E-state index in [1.54, 1.807) is 19.1 Å². The molecule has 1 atom stereocenters. The van der Waals surface area contributed by atoms with Gasteiger partial charge in [0, 0.05) is 0 Å². The van der Waals surface area contributed by atoms with Crippen LogP contribution in [-0.4, -0.2) is 8.42 Å². The summed E-state index contributed by atoms with van der Waals surface area (Å²) in [5.74, 6) is -2.10. The Bertz CT molecular complexity index is 788. The molecule has 0 saturated heterocycles. The molecule has 0 heterocycles. The van der Waals surface area contributed by atoms with Crippen molar-refractivity contribution in [3.63, 3.8) is 0 Å². The number of sulfone groups is 1. The van der Waals surface area contributed by atoms with Gasteiger partial charge < -0.3 is 0 Å². The van der Waals surface area contributed by atoms with Crippen molar-refractivity contribution in [1.29, 1.82) is 0 Å². The van der Waals surface area contributed by atoms with E-state index in [1.165, 1.54) is 12.1 Å². The maximum absolute atomic E-state index is 13.7. The zero-order valence-electron chi connectivity index (χ0n) is 11.0. The Morgan fingerprint density at radius 1 is 1.05 bits per heavy atom. The van der Waals surface area contributed by atoms with Gasteiger partial charge in [-0.15, -0.1) is 0 Å². The van der Waals surface area contributed by atoms with Gasteiger partial charge in [-0.2, -0.15) is 0 Å². The third-order valence-electron chi connectivity index (χ3n) is 3.01. The molecule has 0 N–H and O–H groups in total. The SMILES string of the molecule is [C-]#[N+][C@@H](c1c(F)cccc1F)S(=O)(=O)c1ccc(C)cc1. The van der Waals surface area contributed by atoms with Crippen LogP contribution in [0.4, 0.5) is 8.78 Å². The summed E-state index contributed by atoms with van der Waals surface area (Å²) in [5.41, 5.74) is 0.0958. The average molecular weight is 307 g/mol. The lowest BCUT2D eigenvalue weighted by Gasteiger charge is -2.10. The highest BCUT2D eigenvalue weighted by atomic mass is 32.2. The van der Waals surface area contributed by atoms with Gasteiger partial charge in [0.25, 0.3) is 9.84 Å². The van der Waals surface area contributed by atoms with Crippen molar-refractivity contribution in [2.75, 3.05) is 0 Å². The first-order valence-corrected chi connectivity index (χ1v) is 7.53. The zero-order chi connectivity index (χ0) is 15.6. The number of hydrogen-bond acceptors (Lipinski definition) is 2. The molecule has 0 aliphatic carbocycles. The summed E-state index contributed by atoms with van der Waals surface area (Å²) >= 11 is 0. The minimum absolute atomic E-state index is 0.142. The standard InChI is InChI=1S/C15H11F2NO2S/c1-10-6-8-11(9-7-10)21(19,20)15(18-2)14-12(16)4-3-5-13(14)17/h3-9,15H,1H3/t15-/m1/s1. The molecule has 2 aromatic rings. The van der Waals surface area contributed by atoms with Crippen molar-refractivity contribution in [2.24, 2.45) is 0 Å². The lowest BCUT2D eigenvalue weighted by Crippen LogP contribution is -2.14. The highest BCUT2D eigenvalue weighted by Crippen LogP contribution is 2.33. The molecular weight excluding hydrogens is 296 g/mol. The molecule has 0 spiro atoms. The van der Waals surface area contributed by atoms with Crippen molar-refractivity contribution in [3.8, 4) is 0 Å². The molecule has 0 aromatic heterocycles. The summed E-state index contributed by atoms with van der Waals surface area (Å²) in [6, 6.07) is 8.75. The van der Waals surface area contributed by atoms with Crippen molar-refractivity contribution in [3.05, 3.63) is 76.6 Å². The fourth-order valence-electron chi connectivity index (χ4n) is 1.89. The predicted octanol–water partition coefficient (Wildman–Crippen LogP) is 3.67. The van der Waals surface area contributed by atoms with Crippen LogP contribution in [0, 0.1) is 25.1 Å². The van der Waals surface area contributed by atoms with Crippen molar-refractivity contribution >= 4 is 9.84 Å². The smallest absolute Gasteiger partial charge is 0.291 e. The third kappa shape index (κ3) is 2.78. The molecule has 0 saturated carbocycles. The molecule has 0 fully saturated rings. The Morgan fingerprint density at radius 3 is 2.05 bits per heavy atom. The van der Waals surface area contributed by atoms with Gasteiger partial charge in [0.05, 0.1) is 4.90 Å². The second-order valence-electron chi connectivity index (χ2n) is 4.47. The lowest BCUT2D eigenvalue weighted by molar-refractivity contribution is 0.547. The molecule has 2 aromatic carbocycles. The molecule has 108 valence electrons. The molecule has 0 radical (unpaired) electrons. The van der Waals surface area contributed by atoms with Crippen LogP contribution in [0.2, 0.25) is 0 Å². The predicted molar refractivity (Wildman–Crippen MR) is 74.1 cm³/mol. The van der Waals surface area contributed by atoms with E-state index in [0.29, 0.717) is 0 Å². The van der Waals surface area contributed by atoms with Crippen molar-refractivity contribution in [2.45, 2.75) is 17.2 Å². The maximum atomic E-state index is 13.7. The molecule has 2 rings (SSSR count). The summed E-state index contributed by atoms with van der Waals surface area (Å²) in [6.45, 7) is 8.83. The van der Waals surface area contributed by atoms with Gasteiger partial charge in [-0.3, -0.25) is 4.85 Å². The van der Waals surface area contributed by atoms with E-state index in [4.69, 9.17) is 6.57 Å². The van der Waals surface area contributed by atoms with Crippen LogP contribution in [0.3, 0.4) is 0 Å². The fourth-order valence-corrected chi connectivity index (χ4v) is 3.34. The molecule has 0 aliphatic rings. The summed E-state index contributed by atoms with van der Waals surface area (Å²) in [5, 5.41) is -1.94. The van der Waals surface area contributed by atoms with Crippen molar-refractivity contribution < 1.29 is 17.2 Å². The first kappa shape index (κ1) is 15.1. The highest BCUT2D eigenvalue weighted by molar-refractivity contribution is 7.91. The van der Waals surface area contributed by atoms with E-state index in [9.17, 15) is 17.2 Å². The summed E-state index contributed by atoms with van der Waals surface area (Å²) < 4.78 is 52.4. The van der Waals surface area contributed by atoms with E-state index in [0.717, 1.165) is 23.8 Å². The number of hydrogen-bond donors (Lipinski definition) is 0. The molecule has 21 heavy (non-hydrogen) atoms. The van der Waals surface area contributed by atoms with Crippen LogP contribution in [0.5, 0.6) is 0 Å². The van der Waals surface area contributed by atoms with E-state index < -0.39 is 32.4 Å². The van der Waals surface area contributed by atoms with Gasteiger partial charge in [0.1, 0.15) is 17.2 Å². The second kappa shape index (κ2) is 5.62. The summed E-state index contributed by atoms with van der Waals surface area (Å²) in [6.07, 6.45) is 0. The first-order chi connectivity index (χ1) is 9.87. The molecule has 0 aliphatic heterocycles. The maximum Gasteiger partial charge on any atom is 0.355 e. The number of nitrogens with zero attached hydrogens (tertiary/aromatic N) is 1. The van der Waals surface area contributed by atoms with Crippen LogP contribution in [0.1, 0.15) is 16.5 Å². The fraction of sp³-hybridized carbons (Fsp3) is 0.133. The monoisotopic (exact) mass is 307 g/mol. The largest absolute Gasteiger partial charge is 0.355 e. The lowest BCUT2D eigenvalue weighted by atomic mass is 10.2. The molecule has 0 amide bonds. The van der Waals surface area contributed by atoms with Gasteiger partial charge in [-0.1, -0.05) is 23.8 Å². The van der Waals surface area contributed by atoms with E-state index in [-0.39, 0.29) is 4.90 Å². The number of halogens is 2. The van der Waals surface area contributed by atoms with Crippen LogP contribution in [0.25, 0.3) is 4.85 Å². The van der Waals surface area contributed by atoms with Crippen LogP contribution < -0.4 is 0 Å². The Morgan fingerprint density at radius 2 is 1.57 bits per heavy atom. The first-order valence-electron chi connectivity index (χ1n) is 5.99. The van der Waals surface area contributed by atoms with Crippen LogP contribution in [-0.2, 0) is 9.84 Å². The summed E-state index contributed by atoms with van der Waals surface area (Å²) in [7, 11) is -4.20. The van der Waals surface area contributed by atoms with Crippen molar-refractivity contribution in [1.82, 2.24) is 0 Å². The van der Waals surface area contributed by atoms with E-state index in [2.05, 4.69) is 4.85 Å². The van der Waals surface area contributed by atoms with E-state index >= 15 is 0 Å². The third-order valence-corrected chi connectivity index (χ3v) is 4.87. The number of benzene rings is 2. The van der Waals surface area contributed by atoms with Gasteiger partial charge in [0.2, 0.25) is 0 Å². The molecule has 0 unspecified atom stereocenters. The van der Waals surface area contributed by atoms with Gasteiger partial charge in [-0.25, -0.2) is 23.8 Å². The minimum atomic E-state index is -4.20. The second-order valence-corrected chi connectivity index (χ2v) is 6.48. The number of aryl methyl sites for hydroxylation is 1. The summed E-state index contributed by atoms with van der Waals surface area (Å²) in [4.78, 5) is 2.79. The molecule has 3 nitrogen and oxygen atoms in total. The Hall–Kier alpha value is -2.26. The van der Waals surface area contributed by atoms with Gasteiger partial charge in [0.15, 0.2) is 0 Å². The zero-order valence-corrected chi connectivity index (χ0v) is 11.9. The Balaban J connectivity index is 2.61. The van der Waals surface area contributed by atoms with Gasteiger partial charge >= 0.3 is 5.37 Å². The topological polar surface area (TPSA) is 38.5 Å². The Kier molecular flexibility index (Phi) is 4.05. The van der Waals surface area contributed by atoms with Crippen LogP contribution in [0.15, 0.2) is 47.4 Å². The van der Waals surface area contributed by atoms with E-state index in [1.807, 2.05) is 0 Å². The Labute approximate surface area is 121 Å². The highest BCUT2D eigenvalue weighted by Gasteiger charge is 2.38. The van der Waals surface area contributed by atoms with Crippen LogP contribution >= 0.6 is 0 Å². The quantitative estimate of drug-likeness (QED) is 0.812. The van der Waals surface area contributed by atoms with Gasteiger partial charge in [-0.05, 0) is 31.2 Å².